The van der Waals surface area contributed by atoms with E-state index in [0.29, 0.717) is 24.7 Å². The van der Waals surface area contributed by atoms with Gasteiger partial charge in [0.25, 0.3) is 5.91 Å². The Morgan fingerprint density at radius 3 is 3.09 bits per heavy atom. The predicted octanol–water partition coefficient (Wildman–Crippen LogP) is 1.74. The first-order valence-electron chi connectivity index (χ1n) is 8.57. The van der Waals surface area contributed by atoms with Gasteiger partial charge in [-0.2, -0.15) is 0 Å². The maximum Gasteiger partial charge on any atom is 0.255 e. The number of aryl methyl sites for hydroxylation is 1. The number of nitrogens with one attached hydrogen (secondary N) is 1. The second kappa shape index (κ2) is 7.84. The normalized spacial score (nSPS) is 24.4. The van der Waals surface area contributed by atoms with Crippen LogP contribution in [0.5, 0.6) is 0 Å². The fourth-order valence-corrected chi connectivity index (χ4v) is 2.82. The van der Waals surface area contributed by atoms with Crippen LogP contribution in [0.2, 0.25) is 0 Å². The van der Waals surface area contributed by atoms with Crippen LogP contribution in [-0.4, -0.2) is 47.8 Å². The van der Waals surface area contributed by atoms with Crippen molar-refractivity contribution >= 4 is 5.91 Å². The van der Waals surface area contributed by atoms with Crippen molar-refractivity contribution in [2.75, 3.05) is 19.8 Å². The summed E-state index contributed by atoms with van der Waals surface area (Å²) in [7, 11) is 0. The lowest BCUT2D eigenvalue weighted by Gasteiger charge is -2.32. The number of hydrogen-bond acceptors (Lipinski definition) is 5. The van der Waals surface area contributed by atoms with Crippen LogP contribution in [-0.2, 0) is 15.9 Å². The van der Waals surface area contributed by atoms with E-state index in [0.717, 1.165) is 31.6 Å². The fourth-order valence-electron chi connectivity index (χ4n) is 2.82. The SMILES string of the molecule is CCCc1ncncc1C(=O)NC1COCCC1OCC1CC1. The van der Waals surface area contributed by atoms with Gasteiger partial charge >= 0.3 is 0 Å². The highest BCUT2D eigenvalue weighted by molar-refractivity contribution is 5.95. The summed E-state index contributed by atoms with van der Waals surface area (Å²) in [5.74, 6) is 0.581. The largest absolute Gasteiger partial charge is 0.379 e. The summed E-state index contributed by atoms with van der Waals surface area (Å²) < 4.78 is 11.5. The molecule has 0 radical (unpaired) electrons. The lowest BCUT2D eigenvalue weighted by Crippen LogP contribution is -2.51. The van der Waals surface area contributed by atoms with Crippen molar-refractivity contribution in [3.8, 4) is 0 Å². The molecule has 1 aromatic heterocycles. The minimum absolute atomic E-state index is 0.0348. The zero-order chi connectivity index (χ0) is 16.1. The number of amides is 1. The van der Waals surface area contributed by atoms with Crippen molar-refractivity contribution in [2.24, 2.45) is 5.92 Å². The Labute approximate surface area is 137 Å². The van der Waals surface area contributed by atoms with Crippen LogP contribution in [0.3, 0.4) is 0 Å². The van der Waals surface area contributed by atoms with E-state index in [2.05, 4.69) is 22.2 Å². The number of carbonyl (C=O) groups is 1. The van der Waals surface area contributed by atoms with E-state index in [-0.39, 0.29) is 18.1 Å². The Kier molecular flexibility index (Phi) is 5.56. The number of ether oxygens (including phenoxy) is 2. The third-order valence-electron chi connectivity index (χ3n) is 4.38. The van der Waals surface area contributed by atoms with Gasteiger partial charge in [0.2, 0.25) is 0 Å². The average molecular weight is 319 g/mol. The molecule has 1 aliphatic heterocycles. The van der Waals surface area contributed by atoms with Crippen molar-refractivity contribution in [1.82, 2.24) is 15.3 Å². The Hall–Kier alpha value is -1.53. The minimum Gasteiger partial charge on any atom is -0.379 e. The zero-order valence-electron chi connectivity index (χ0n) is 13.7. The Balaban J connectivity index is 1.62. The molecular weight excluding hydrogens is 294 g/mol. The number of hydrogen-bond donors (Lipinski definition) is 1. The van der Waals surface area contributed by atoms with E-state index in [1.54, 1.807) is 6.20 Å². The van der Waals surface area contributed by atoms with Gasteiger partial charge in [0.15, 0.2) is 0 Å². The van der Waals surface area contributed by atoms with Gasteiger partial charge in [0.05, 0.1) is 30.0 Å². The molecule has 2 aliphatic rings. The summed E-state index contributed by atoms with van der Waals surface area (Å²) in [4.78, 5) is 20.8. The second-order valence-electron chi connectivity index (χ2n) is 6.39. The lowest BCUT2D eigenvalue weighted by atomic mass is 10.0. The van der Waals surface area contributed by atoms with Crippen LogP contribution in [0, 0.1) is 5.92 Å². The molecule has 2 unspecified atom stereocenters. The van der Waals surface area contributed by atoms with Crippen LogP contribution in [0.25, 0.3) is 0 Å². The summed E-state index contributed by atoms with van der Waals surface area (Å²) >= 11 is 0. The molecule has 0 spiro atoms. The molecule has 1 saturated heterocycles. The van der Waals surface area contributed by atoms with Gasteiger partial charge < -0.3 is 14.8 Å². The molecule has 2 fully saturated rings. The third-order valence-corrected chi connectivity index (χ3v) is 4.38. The molecule has 1 aromatic rings. The summed E-state index contributed by atoms with van der Waals surface area (Å²) in [6, 6.07) is -0.107. The van der Waals surface area contributed by atoms with E-state index in [1.807, 2.05) is 0 Å². The fraction of sp³-hybridized carbons (Fsp3) is 0.706. The highest BCUT2D eigenvalue weighted by Gasteiger charge is 2.31. The molecule has 1 saturated carbocycles. The number of nitrogens with zero attached hydrogens (tertiary/aromatic N) is 2. The highest BCUT2D eigenvalue weighted by Crippen LogP contribution is 2.30. The minimum atomic E-state index is -0.135. The van der Waals surface area contributed by atoms with Gasteiger partial charge in [0, 0.05) is 19.4 Å². The summed E-state index contributed by atoms with van der Waals surface area (Å²) in [5, 5.41) is 3.06. The highest BCUT2D eigenvalue weighted by atomic mass is 16.5. The molecule has 23 heavy (non-hydrogen) atoms. The van der Waals surface area contributed by atoms with Gasteiger partial charge in [-0.05, 0) is 31.6 Å². The van der Waals surface area contributed by atoms with Crippen molar-refractivity contribution in [3.63, 3.8) is 0 Å². The standard InChI is InChI=1S/C17H25N3O3/c1-2-3-14-13(8-18-11-19-14)17(21)20-15-10-22-7-6-16(15)23-9-12-4-5-12/h8,11-12,15-16H,2-7,9-10H2,1H3,(H,20,21). The number of rotatable bonds is 7. The predicted molar refractivity (Wildman–Crippen MR) is 85.2 cm³/mol. The van der Waals surface area contributed by atoms with Gasteiger partial charge in [-0.3, -0.25) is 4.79 Å². The topological polar surface area (TPSA) is 73.3 Å². The van der Waals surface area contributed by atoms with Gasteiger partial charge in [0.1, 0.15) is 6.33 Å². The average Bonchev–Trinajstić information content (AvgIpc) is 3.39. The van der Waals surface area contributed by atoms with Gasteiger partial charge in [-0.15, -0.1) is 0 Å². The van der Waals surface area contributed by atoms with Crippen LogP contribution in [0.1, 0.15) is 48.7 Å². The molecule has 1 aliphatic carbocycles. The number of aromatic nitrogens is 2. The van der Waals surface area contributed by atoms with E-state index >= 15 is 0 Å². The Morgan fingerprint density at radius 1 is 1.43 bits per heavy atom. The van der Waals surface area contributed by atoms with Crippen LogP contribution in [0.15, 0.2) is 12.5 Å². The first-order chi connectivity index (χ1) is 11.3. The van der Waals surface area contributed by atoms with E-state index in [1.165, 1.54) is 19.2 Å². The monoisotopic (exact) mass is 319 g/mol. The van der Waals surface area contributed by atoms with Gasteiger partial charge in [-0.25, -0.2) is 9.97 Å². The summed E-state index contributed by atoms with van der Waals surface area (Å²) in [5.41, 5.74) is 1.35. The van der Waals surface area contributed by atoms with Crippen molar-refractivity contribution in [3.05, 3.63) is 23.8 Å². The molecule has 1 N–H and O–H groups in total. The first-order valence-corrected chi connectivity index (χ1v) is 8.57. The molecule has 3 rings (SSSR count). The second-order valence-corrected chi connectivity index (χ2v) is 6.39. The van der Waals surface area contributed by atoms with Gasteiger partial charge in [-0.1, -0.05) is 13.3 Å². The summed E-state index contributed by atoms with van der Waals surface area (Å²) in [6.07, 6.45) is 8.19. The molecular formula is C17H25N3O3. The Bertz CT molecular complexity index is 534. The Morgan fingerprint density at radius 2 is 2.30 bits per heavy atom. The molecule has 6 nitrogen and oxygen atoms in total. The zero-order valence-corrected chi connectivity index (χ0v) is 13.7. The molecule has 0 bridgehead atoms. The smallest absolute Gasteiger partial charge is 0.255 e. The molecule has 1 amide bonds. The third kappa shape index (κ3) is 4.48. The summed E-state index contributed by atoms with van der Waals surface area (Å²) in [6.45, 7) is 4.06. The van der Waals surface area contributed by atoms with E-state index < -0.39 is 0 Å². The van der Waals surface area contributed by atoms with Crippen LogP contribution in [0.4, 0.5) is 0 Å². The molecule has 2 heterocycles. The lowest BCUT2D eigenvalue weighted by molar-refractivity contribution is -0.0567. The maximum atomic E-state index is 12.6. The maximum absolute atomic E-state index is 12.6. The quantitative estimate of drug-likeness (QED) is 0.829. The van der Waals surface area contributed by atoms with Crippen molar-refractivity contribution < 1.29 is 14.3 Å². The molecule has 6 heteroatoms. The van der Waals surface area contributed by atoms with Crippen LogP contribution >= 0.6 is 0 Å². The first kappa shape index (κ1) is 16.3. The molecule has 2 atom stereocenters. The van der Waals surface area contributed by atoms with Crippen molar-refractivity contribution in [2.45, 2.75) is 51.2 Å². The van der Waals surface area contributed by atoms with E-state index in [9.17, 15) is 4.79 Å². The number of carbonyl (C=O) groups excluding carboxylic acids is 1. The van der Waals surface area contributed by atoms with Crippen LogP contribution < -0.4 is 5.32 Å². The van der Waals surface area contributed by atoms with Crippen molar-refractivity contribution in [1.29, 1.82) is 0 Å². The molecule has 126 valence electrons. The van der Waals surface area contributed by atoms with E-state index in [4.69, 9.17) is 9.47 Å². The molecule has 0 aromatic carbocycles.